The van der Waals surface area contributed by atoms with Gasteiger partial charge >= 0.3 is 144 Å². The van der Waals surface area contributed by atoms with E-state index in [0.717, 1.165) is 0 Å². The number of aliphatic carboxylic acids is 2. The van der Waals surface area contributed by atoms with Gasteiger partial charge in [0.15, 0.2) is 0 Å². The molecule has 9 nitrogen and oxygen atoms in total. The number of hydrogen-bond donors (Lipinski definition) is 6. The predicted octanol–water partition coefficient (Wildman–Crippen LogP) is -1.32. The number of hydrogen-bond acceptors (Lipinski definition) is 6. The van der Waals surface area contributed by atoms with Gasteiger partial charge in [-0.05, 0) is 0 Å². The molecule has 2 amide bonds. The van der Waals surface area contributed by atoms with Crippen LogP contribution in [-0.2, 0) is 19.2 Å². The Hall–Kier alpha value is -1.25. The molecule has 0 fully saturated rings. The van der Waals surface area contributed by atoms with Crippen molar-refractivity contribution in [1.82, 2.24) is 14.9 Å². The third-order valence-corrected chi connectivity index (χ3v) is 4.72. The van der Waals surface area contributed by atoms with Crippen LogP contribution in [0.15, 0.2) is 0 Å². The molecule has 132 valence electrons. The standard InChI is InChI=1S/C12H22AsN3O6S/c1-13(2)16-7(12(21)22)3-4-9(17)15-8(6-23)11(20)14-5-10(18)19/h7-8,16,23H,3-6H2,1-2H3,(H,14,20)(H,15,17)(H,18,19)(H,21,22)/t7-,8-/m0/s1. The van der Waals surface area contributed by atoms with Gasteiger partial charge in [-0.1, -0.05) is 0 Å². The van der Waals surface area contributed by atoms with Crippen LogP contribution in [-0.4, -0.2) is 73.2 Å². The fourth-order valence-electron chi connectivity index (χ4n) is 1.58. The van der Waals surface area contributed by atoms with E-state index in [4.69, 9.17) is 10.2 Å². The molecule has 11 heteroatoms. The van der Waals surface area contributed by atoms with Crippen LogP contribution < -0.4 is 14.9 Å². The molecule has 0 unspecified atom stereocenters. The molecular formula is C12H22AsN3O6S. The zero-order chi connectivity index (χ0) is 18.0. The van der Waals surface area contributed by atoms with Crippen molar-refractivity contribution in [1.29, 1.82) is 0 Å². The summed E-state index contributed by atoms with van der Waals surface area (Å²) in [6.45, 7) is -0.552. The predicted molar refractivity (Wildman–Crippen MR) is 87.7 cm³/mol. The molecule has 5 N–H and O–H groups in total. The Kier molecular flexibility index (Phi) is 10.7. The molecule has 0 aliphatic rings. The van der Waals surface area contributed by atoms with E-state index in [1.165, 1.54) is 0 Å². The van der Waals surface area contributed by atoms with E-state index in [0.29, 0.717) is 0 Å². The zero-order valence-electron chi connectivity index (χ0n) is 12.9. The number of carbonyl (C=O) groups excluding carboxylic acids is 2. The fraction of sp³-hybridized carbons (Fsp3) is 0.667. The summed E-state index contributed by atoms with van der Waals surface area (Å²) in [5.41, 5.74) is 3.87. The Morgan fingerprint density at radius 3 is 2.17 bits per heavy atom. The van der Waals surface area contributed by atoms with Gasteiger partial charge in [0.1, 0.15) is 0 Å². The van der Waals surface area contributed by atoms with Gasteiger partial charge in [-0.3, -0.25) is 0 Å². The molecular weight excluding hydrogens is 389 g/mol. The summed E-state index contributed by atoms with van der Waals surface area (Å²) in [5, 5.41) is 22.1. The first-order valence-corrected chi connectivity index (χ1v) is 12.1. The molecule has 0 saturated carbocycles. The molecule has 0 rings (SSSR count). The van der Waals surface area contributed by atoms with Crippen LogP contribution in [0.5, 0.6) is 0 Å². The third kappa shape index (κ3) is 10.2. The quantitative estimate of drug-likeness (QED) is 0.183. The molecule has 0 aromatic heterocycles. The summed E-state index contributed by atoms with van der Waals surface area (Å²) in [6.07, 6.45) is 0.0346. The van der Waals surface area contributed by atoms with Gasteiger partial charge in [-0.2, -0.15) is 0 Å². The average Bonchev–Trinajstić information content (AvgIpc) is 2.45. The number of rotatable bonds is 11. The Labute approximate surface area is 144 Å². The van der Waals surface area contributed by atoms with Gasteiger partial charge in [0, 0.05) is 0 Å². The minimum absolute atomic E-state index is 0.00292. The number of carboxylic acid groups (broad SMARTS) is 2. The van der Waals surface area contributed by atoms with Crippen molar-refractivity contribution in [2.45, 2.75) is 36.3 Å². The number of thiol groups is 1. The molecule has 0 aromatic carbocycles. The number of nitrogens with one attached hydrogen (secondary N) is 3. The maximum absolute atomic E-state index is 11.8. The Bertz CT molecular complexity index is 449. The number of amides is 2. The Morgan fingerprint density at radius 2 is 1.74 bits per heavy atom. The molecule has 0 bridgehead atoms. The number of carbonyl (C=O) groups is 4. The maximum atomic E-state index is 11.8. The Morgan fingerprint density at radius 1 is 1.13 bits per heavy atom. The van der Waals surface area contributed by atoms with E-state index in [1.54, 1.807) is 0 Å². The molecule has 0 saturated heterocycles. The van der Waals surface area contributed by atoms with Crippen LogP contribution >= 0.6 is 12.6 Å². The molecule has 0 aromatic rings. The SMILES string of the molecule is C[As](C)N[C@@H](CCC(=O)N[C@@H](CS)C(=O)NCC(=O)O)C(=O)O. The Balaban J connectivity index is 4.40. The van der Waals surface area contributed by atoms with Crippen molar-refractivity contribution < 1.29 is 29.4 Å². The zero-order valence-corrected chi connectivity index (χ0v) is 15.7. The summed E-state index contributed by atoms with van der Waals surface area (Å²) < 4.78 is 2.96. The van der Waals surface area contributed by atoms with E-state index in [1.807, 2.05) is 11.4 Å². The van der Waals surface area contributed by atoms with Crippen molar-refractivity contribution in [3.63, 3.8) is 0 Å². The summed E-state index contributed by atoms with van der Waals surface area (Å²) in [4.78, 5) is 45.0. The molecule has 0 aliphatic carbocycles. The van der Waals surface area contributed by atoms with E-state index in [9.17, 15) is 19.2 Å². The molecule has 0 radical (unpaired) electrons. The van der Waals surface area contributed by atoms with Crippen LogP contribution in [0.25, 0.3) is 0 Å². The summed E-state index contributed by atoms with van der Waals surface area (Å²) >= 11 is 2.56. The molecule has 0 aliphatic heterocycles. The average molecular weight is 411 g/mol. The van der Waals surface area contributed by atoms with E-state index < -0.39 is 57.3 Å². The third-order valence-electron chi connectivity index (χ3n) is 2.62. The van der Waals surface area contributed by atoms with Gasteiger partial charge in [0.25, 0.3) is 0 Å². The molecule has 0 heterocycles. The molecule has 23 heavy (non-hydrogen) atoms. The normalized spacial score (nSPS) is 13.2. The van der Waals surface area contributed by atoms with Gasteiger partial charge in [0.2, 0.25) is 0 Å². The van der Waals surface area contributed by atoms with Crippen LogP contribution in [0, 0.1) is 0 Å². The van der Waals surface area contributed by atoms with E-state index in [-0.39, 0.29) is 18.6 Å². The van der Waals surface area contributed by atoms with Gasteiger partial charge in [-0.15, -0.1) is 0 Å². The second-order valence-electron chi connectivity index (χ2n) is 4.87. The van der Waals surface area contributed by atoms with Crippen molar-refractivity contribution >= 4 is 51.3 Å². The molecule has 2 atom stereocenters. The first-order chi connectivity index (χ1) is 10.7. The minimum atomic E-state index is -1.38. The summed E-state index contributed by atoms with van der Waals surface area (Å²) in [7, 11) is 0. The summed E-state index contributed by atoms with van der Waals surface area (Å²) in [5.74, 6) is -3.37. The van der Waals surface area contributed by atoms with Crippen LogP contribution in [0.2, 0.25) is 11.4 Å². The van der Waals surface area contributed by atoms with Gasteiger partial charge in [0.05, 0.1) is 0 Å². The van der Waals surface area contributed by atoms with Gasteiger partial charge < -0.3 is 0 Å². The van der Waals surface area contributed by atoms with Crippen molar-refractivity contribution in [3.8, 4) is 0 Å². The molecule has 0 spiro atoms. The van der Waals surface area contributed by atoms with Crippen LogP contribution in [0.3, 0.4) is 0 Å². The topological polar surface area (TPSA) is 145 Å². The van der Waals surface area contributed by atoms with E-state index >= 15 is 0 Å². The first kappa shape index (κ1) is 21.7. The van der Waals surface area contributed by atoms with Crippen molar-refractivity contribution in [2.24, 2.45) is 0 Å². The second-order valence-corrected chi connectivity index (χ2v) is 9.53. The van der Waals surface area contributed by atoms with Crippen molar-refractivity contribution in [3.05, 3.63) is 0 Å². The van der Waals surface area contributed by atoms with Gasteiger partial charge in [-0.25, -0.2) is 0 Å². The van der Waals surface area contributed by atoms with Crippen LogP contribution in [0.4, 0.5) is 0 Å². The van der Waals surface area contributed by atoms with E-state index in [2.05, 4.69) is 27.5 Å². The summed E-state index contributed by atoms with van der Waals surface area (Å²) in [6, 6.07) is -1.77. The monoisotopic (exact) mass is 411 g/mol. The van der Waals surface area contributed by atoms with Crippen LogP contribution in [0.1, 0.15) is 12.8 Å². The van der Waals surface area contributed by atoms with Crippen molar-refractivity contribution in [2.75, 3.05) is 12.3 Å². The first-order valence-electron chi connectivity index (χ1n) is 6.73. The fourth-order valence-corrected chi connectivity index (χ4v) is 3.64. The second kappa shape index (κ2) is 11.3. The number of carboxylic acids is 2.